The Kier molecular flexibility index (Phi) is 6.49. The number of pyridine rings is 1. The van der Waals surface area contributed by atoms with E-state index in [4.69, 9.17) is 17.3 Å². The minimum Gasteiger partial charge on any atom is -0.398 e. The van der Waals surface area contributed by atoms with Crippen LogP contribution < -0.4 is 5.73 Å². The molecule has 1 aliphatic rings. The van der Waals surface area contributed by atoms with Crippen LogP contribution in [0.25, 0.3) is 0 Å². The Bertz CT molecular complexity index is 1090. The van der Waals surface area contributed by atoms with Gasteiger partial charge < -0.3 is 10.6 Å². The van der Waals surface area contributed by atoms with Gasteiger partial charge in [0.2, 0.25) is 6.41 Å². The maximum atomic E-state index is 13.5. The average Bonchev–Trinajstić information content (AvgIpc) is 2.77. The zero-order chi connectivity index (χ0) is 22.0. The van der Waals surface area contributed by atoms with Gasteiger partial charge >= 0.3 is 0 Å². The molecule has 0 bridgehead atoms. The summed E-state index contributed by atoms with van der Waals surface area (Å²) in [5, 5.41) is 0.596. The maximum absolute atomic E-state index is 13.5. The van der Waals surface area contributed by atoms with Gasteiger partial charge in [-0.1, -0.05) is 35.5 Å². The van der Waals surface area contributed by atoms with E-state index in [2.05, 4.69) is 4.98 Å². The third-order valence-corrected chi connectivity index (χ3v) is 7.37. The first-order chi connectivity index (χ1) is 15.0. The topological polar surface area (TPSA) is 59.2 Å². The Labute approximate surface area is 190 Å². The van der Waals surface area contributed by atoms with Crippen molar-refractivity contribution in [2.24, 2.45) is 0 Å². The molecule has 1 amide bonds. The molecular weight excluding hydrogens is 433 g/mol. The van der Waals surface area contributed by atoms with Gasteiger partial charge in [0.15, 0.2) is 0 Å². The lowest BCUT2D eigenvalue weighted by Crippen LogP contribution is -2.37. The van der Waals surface area contributed by atoms with Crippen molar-refractivity contribution in [3.05, 3.63) is 82.4 Å². The third-order valence-electron chi connectivity index (χ3n) is 5.78. The molecule has 0 radical (unpaired) electrons. The Morgan fingerprint density at radius 1 is 1.19 bits per heavy atom. The molecule has 160 valence electrons. The maximum Gasteiger partial charge on any atom is 0.209 e. The van der Waals surface area contributed by atoms with Crippen molar-refractivity contribution in [3.63, 3.8) is 0 Å². The summed E-state index contributed by atoms with van der Waals surface area (Å²) in [6, 6.07) is 12.2. The number of benzene rings is 2. The molecule has 1 aromatic heterocycles. The van der Waals surface area contributed by atoms with Crippen molar-refractivity contribution >= 4 is 35.5 Å². The first kappa shape index (κ1) is 21.7. The molecule has 4 nitrogen and oxygen atoms in total. The Morgan fingerprint density at radius 3 is 2.68 bits per heavy atom. The normalized spacial score (nSPS) is 18.7. The van der Waals surface area contributed by atoms with Crippen molar-refractivity contribution in [2.45, 2.75) is 35.0 Å². The number of piperidine rings is 1. The van der Waals surface area contributed by atoms with Crippen LogP contribution in [-0.2, 0) is 4.79 Å². The van der Waals surface area contributed by atoms with E-state index in [-0.39, 0.29) is 17.7 Å². The smallest absolute Gasteiger partial charge is 0.209 e. The zero-order valence-electron chi connectivity index (χ0n) is 17.1. The second-order valence-electron chi connectivity index (χ2n) is 7.81. The van der Waals surface area contributed by atoms with Crippen LogP contribution in [0.1, 0.15) is 34.9 Å². The fourth-order valence-corrected chi connectivity index (χ4v) is 5.45. The van der Waals surface area contributed by atoms with E-state index in [9.17, 15) is 9.18 Å². The molecule has 2 N–H and O–H groups in total. The Hall–Kier alpha value is -2.57. The highest BCUT2D eigenvalue weighted by Crippen LogP contribution is 2.45. The molecular formula is C24H23ClFN3OS. The summed E-state index contributed by atoms with van der Waals surface area (Å²) < 4.78 is 13.5. The highest BCUT2D eigenvalue weighted by molar-refractivity contribution is 7.99. The summed E-state index contributed by atoms with van der Waals surface area (Å²) >= 11 is 7.66. The van der Waals surface area contributed by atoms with Crippen LogP contribution in [0.4, 0.5) is 10.1 Å². The molecule has 2 heterocycles. The molecule has 7 heteroatoms. The molecule has 4 rings (SSSR count). The van der Waals surface area contributed by atoms with Gasteiger partial charge in [0.05, 0.1) is 0 Å². The van der Waals surface area contributed by atoms with Gasteiger partial charge in [0.25, 0.3) is 0 Å². The van der Waals surface area contributed by atoms with Crippen molar-refractivity contribution in [1.82, 2.24) is 9.88 Å². The number of nitrogen functional groups attached to an aromatic ring is 1. The fraction of sp³-hybridized carbons (Fsp3) is 0.250. The number of carbonyl (C=O) groups is 1. The number of aromatic nitrogens is 1. The monoisotopic (exact) mass is 455 g/mol. The number of hydrogen-bond acceptors (Lipinski definition) is 4. The quantitative estimate of drug-likeness (QED) is 0.399. The second kappa shape index (κ2) is 9.28. The van der Waals surface area contributed by atoms with E-state index in [0.717, 1.165) is 39.3 Å². The molecule has 3 aromatic rings. The first-order valence-corrected chi connectivity index (χ1v) is 11.3. The number of nitrogens with zero attached hydrogens (tertiary/aromatic N) is 2. The van der Waals surface area contributed by atoms with Crippen LogP contribution in [0.5, 0.6) is 0 Å². The number of rotatable bonds is 5. The molecule has 1 aliphatic heterocycles. The number of nitrogens with two attached hydrogens (primary N) is 1. The van der Waals surface area contributed by atoms with Crippen LogP contribution in [0, 0.1) is 12.7 Å². The Morgan fingerprint density at radius 2 is 1.97 bits per heavy atom. The molecule has 31 heavy (non-hydrogen) atoms. The molecule has 0 spiro atoms. The van der Waals surface area contributed by atoms with E-state index in [1.165, 1.54) is 12.1 Å². The van der Waals surface area contributed by atoms with Crippen LogP contribution >= 0.6 is 23.4 Å². The van der Waals surface area contributed by atoms with Crippen LogP contribution in [0.15, 0.2) is 64.6 Å². The highest BCUT2D eigenvalue weighted by atomic mass is 35.5. The molecule has 2 atom stereocenters. The van der Waals surface area contributed by atoms with Gasteiger partial charge in [-0.05, 0) is 66.3 Å². The summed E-state index contributed by atoms with van der Waals surface area (Å²) in [6.45, 7) is 3.28. The SMILES string of the molecule is Cc1cncc(C2CN(C=O)CCC2c2ccc(F)cc2)c1Sc1ccc(Cl)cc1N. The lowest BCUT2D eigenvalue weighted by molar-refractivity contribution is -0.119. The summed E-state index contributed by atoms with van der Waals surface area (Å²) in [4.78, 5) is 19.8. The number of carbonyl (C=O) groups excluding carboxylic acids is 1. The highest BCUT2D eigenvalue weighted by Gasteiger charge is 2.33. The second-order valence-corrected chi connectivity index (χ2v) is 9.30. The lowest BCUT2D eigenvalue weighted by Gasteiger charge is -2.38. The van der Waals surface area contributed by atoms with Gasteiger partial charge in [-0.25, -0.2) is 4.39 Å². The van der Waals surface area contributed by atoms with Gasteiger partial charge in [-0.2, -0.15) is 0 Å². The number of anilines is 1. The van der Waals surface area contributed by atoms with Crippen molar-refractivity contribution in [3.8, 4) is 0 Å². The van der Waals surface area contributed by atoms with Crippen LogP contribution in [0.2, 0.25) is 5.02 Å². The summed E-state index contributed by atoms with van der Waals surface area (Å²) in [6.07, 6.45) is 5.43. The van der Waals surface area contributed by atoms with Gasteiger partial charge in [0, 0.05) is 51.9 Å². The number of halogens is 2. The summed E-state index contributed by atoms with van der Waals surface area (Å²) in [7, 11) is 0. The lowest BCUT2D eigenvalue weighted by atomic mass is 9.77. The predicted molar refractivity (Wildman–Crippen MR) is 123 cm³/mol. The van der Waals surface area contributed by atoms with Crippen LogP contribution in [0.3, 0.4) is 0 Å². The minimum absolute atomic E-state index is 0.0350. The van der Waals surface area contributed by atoms with E-state index >= 15 is 0 Å². The van der Waals surface area contributed by atoms with Gasteiger partial charge in [0.1, 0.15) is 5.82 Å². The fourth-order valence-electron chi connectivity index (χ4n) is 4.20. The van der Waals surface area contributed by atoms with Crippen molar-refractivity contribution in [1.29, 1.82) is 0 Å². The molecule has 0 aliphatic carbocycles. The number of amides is 1. The average molecular weight is 456 g/mol. The number of likely N-dealkylation sites (tertiary alicyclic amines) is 1. The van der Waals surface area contributed by atoms with E-state index in [1.54, 1.807) is 22.7 Å². The number of hydrogen-bond donors (Lipinski definition) is 1. The molecule has 1 fully saturated rings. The minimum atomic E-state index is -0.252. The van der Waals surface area contributed by atoms with Gasteiger partial charge in [-0.3, -0.25) is 9.78 Å². The predicted octanol–water partition coefficient (Wildman–Crippen LogP) is 5.65. The third kappa shape index (κ3) is 4.70. The molecule has 1 saturated heterocycles. The molecule has 2 aromatic carbocycles. The number of aryl methyl sites for hydroxylation is 1. The Balaban J connectivity index is 1.76. The standard InChI is InChI=1S/C24H23ClFN3OS/c1-15-11-28-12-20(24(15)31-23-7-4-17(25)10-22(23)27)21-13-29(14-30)9-8-19(21)16-2-5-18(26)6-3-16/h2-7,10-12,14,19,21H,8-9,13,27H2,1H3. The molecule has 2 unspecified atom stereocenters. The van der Waals surface area contributed by atoms with E-state index in [0.29, 0.717) is 23.8 Å². The first-order valence-electron chi connectivity index (χ1n) is 10.1. The largest absolute Gasteiger partial charge is 0.398 e. The molecule has 0 saturated carbocycles. The summed E-state index contributed by atoms with van der Waals surface area (Å²) in [5.41, 5.74) is 10.0. The van der Waals surface area contributed by atoms with Crippen molar-refractivity contribution in [2.75, 3.05) is 18.8 Å². The van der Waals surface area contributed by atoms with Crippen molar-refractivity contribution < 1.29 is 9.18 Å². The van der Waals surface area contributed by atoms with E-state index in [1.807, 2.05) is 43.6 Å². The van der Waals surface area contributed by atoms with Gasteiger partial charge in [-0.15, -0.1) is 0 Å². The van der Waals surface area contributed by atoms with Crippen LogP contribution in [-0.4, -0.2) is 29.4 Å². The van der Waals surface area contributed by atoms with E-state index < -0.39 is 0 Å². The zero-order valence-corrected chi connectivity index (χ0v) is 18.7. The summed E-state index contributed by atoms with van der Waals surface area (Å²) in [5.74, 6) is -0.0625.